The van der Waals surface area contributed by atoms with Crippen molar-refractivity contribution in [3.63, 3.8) is 0 Å². The Bertz CT molecular complexity index is 538. The standard InChI is InChI=1S/C16H24N2O4S/c1-2-22-10-8-16(6-3-4-7-16)15(21)17-9-5-13-18-12(11-23-13)14(19)20/h11H,2-10H2,1H3,(H,17,21)(H,19,20). The van der Waals surface area contributed by atoms with Crippen LogP contribution in [0.4, 0.5) is 0 Å². The average Bonchev–Trinajstić information content (AvgIpc) is 3.17. The Labute approximate surface area is 140 Å². The van der Waals surface area contributed by atoms with Gasteiger partial charge >= 0.3 is 5.97 Å². The number of nitrogens with zero attached hydrogens (tertiary/aromatic N) is 1. The molecule has 0 radical (unpaired) electrons. The van der Waals surface area contributed by atoms with Crippen molar-refractivity contribution in [2.75, 3.05) is 19.8 Å². The third-order valence-electron chi connectivity index (χ3n) is 4.37. The van der Waals surface area contributed by atoms with Gasteiger partial charge in [0, 0.05) is 31.6 Å². The number of carbonyl (C=O) groups excluding carboxylic acids is 1. The summed E-state index contributed by atoms with van der Waals surface area (Å²) in [5, 5.41) is 14.1. The molecule has 1 fully saturated rings. The molecule has 0 bridgehead atoms. The van der Waals surface area contributed by atoms with Crippen molar-refractivity contribution in [3.8, 4) is 0 Å². The van der Waals surface area contributed by atoms with Crippen LogP contribution in [0.5, 0.6) is 0 Å². The van der Waals surface area contributed by atoms with E-state index in [9.17, 15) is 9.59 Å². The second kappa shape index (κ2) is 8.40. The highest BCUT2D eigenvalue weighted by Gasteiger charge is 2.40. The number of carbonyl (C=O) groups is 2. The van der Waals surface area contributed by atoms with Crippen molar-refractivity contribution in [2.45, 2.75) is 45.4 Å². The second-order valence-electron chi connectivity index (χ2n) is 5.87. The van der Waals surface area contributed by atoms with Crippen LogP contribution >= 0.6 is 11.3 Å². The van der Waals surface area contributed by atoms with E-state index < -0.39 is 5.97 Å². The Hall–Kier alpha value is -1.47. The smallest absolute Gasteiger partial charge is 0.355 e. The molecule has 0 unspecified atom stereocenters. The van der Waals surface area contributed by atoms with E-state index >= 15 is 0 Å². The highest BCUT2D eigenvalue weighted by molar-refractivity contribution is 7.09. The van der Waals surface area contributed by atoms with Crippen molar-refractivity contribution < 1.29 is 19.4 Å². The average molecular weight is 340 g/mol. The number of aromatic nitrogens is 1. The molecule has 0 aromatic carbocycles. The highest BCUT2D eigenvalue weighted by atomic mass is 32.1. The minimum atomic E-state index is -1.02. The first-order valence-corrected chi connectivity index (χ1v) is 8.99. The summed E-state index contributed by atoms with van der Waals surface area (Å²) in [5.74, 6) is -0.915. The van der Waals surface area contributed by atoms with Gasteiger partial charge in [0.05, 0.1) is 10.4 Å². The summed E-state index contributed by atoms with van der Waals surface area (Å²) < 4.78 is 5.43. The molecule has 2 N–H and O–H groups in total. The quantitative estimate of drug-likeness (QED) is 0.674. The zero-order valence-electron chi connectivity index (χ0n) is 13.5. The molecule has 0 atom stereocenters. The molecule has 1 aromatic rings. The third kappa shape index (κ3) is 4.75. The zero-order valence-corrected chi connectivity index (χ0v) is 14.3. The predicted octanol–water partition coefficient (Wildman–Crippen LogP) is 2.49. The highest BCUT2D eigenvalue weighted by Crippen LogP contribution is 2.41. The van der Waals surface area contributed by atoms with Gasteiger partial charge in [-0.25, -0.2) is 9.78 Å². The summed E-state index contributed by atoms with van der Waals surface area (Å²) in [4.78, 5) is 27.4. The Morgan fingerprint density at radius 3 is 2.78 bits per heavy atom. The Morgan fingerprint density at radius 1 is 1.43 bits per heavy atom. The summed E-state index contributed by atoms with van der Waals surface area (Å²) in [7, 11) is 0. The van der Waals surface area contributed by atoms with E-state index in [0.29, 0.717) is 26.2 Å². The molecule has 7 heteroatoms. The molecule has 0 aliphatic heterocycles. The van der Waals surface area contributed by atoms with Gasteiger partial charge in [0.1, 0.15) is 0 Å². The van der Waals surface area contributed by atoms with Gasteiger partial charge in [-0.2, -0.15) is 0 Å². The monoisotopic (exact) mass is 340 g/mol. The number of nitrogens with one attached hydrogen (secondary N) is 1. The molecule has 128 valence electrons. The number of hydrogen-bond acceptors (Lipinski definition) is 5. The van der Waals surface area contributed by atoms with E-state index in [1.54, 1.807) is 0 Å². The number of aromatic carboxylic acids is 1. The van der Waals surface area contributed by atoms with Gasteiger partial charge in [-0.15, -0.1) is 11.3 Å². The molecule has 2 rings (SSSR count). The van der Waals surface area contributed by atoms with Crippen LogP contribution in [-0.2, 0) is 16.0 Å². The van der Waals surface area contributed by atoms with Crippen LogP contribution in [0.1, 0.15) is 54.5 Å². The van der Waals surface area contributed by atoms with Crippen LogP contribution in [0.3, 0.4) is 0 Å². The Morgan fingerprint density at radius 2 is 2.17 bits per heavy atom. The number of carboxylic acids is 1. The maximum atomic E-state index is 12.6. The molecule has 6 nitrogen and oxygen atoms in total. The number of amides is 1. The summed E-state index contributed by atoms with van der Waals surface area (Å²) in [5.41, 5.74) is -0.218. The van der Waals surface area contributed by atoms with Crippen LogP contribution in [0.25, 0.3) is 0 Å². The summed E-state index contributed by atoms with van der Waals surface area (Å²) >= 11 is 1.31. The van der Waals surface area contributed by atoms with Gasteiger partial charge in [0.25, 0.3) is 0 Å². The van der Waals surface area contributed by atoms with Crippen LogP contribution in [0.2, 0.25) is 0 Å². The second-order valence-corrected chi connectivity index (χ2v) is 6.81. The third-order valence-corrected chi connectivity index (χ3v) is 5.28. The zero-order chi connectivity index (χ0) is 16.7. The SMILES string of the molecule is CCOCCC1(C(=O)NCCc2nc(C(=O)O)cs2)CCCC1. The number of carboxylic acid groups (broad SMARTS) is 1. The molecule has 1 aliphatic rings. The van der Waals surface area contributed by atoms with Crippen LogP contribution < -0.4 is 5.32 Å². The number of ether oxygens (including phenoxy) is 1. The lowest BCUT2D eigenvalue weighted by molar-refractivity contribution is -0.132. The summed E-state index contributed by atoms with van der Waals surface area (Å²) in [6.07, 6.45) is 5.36. The lowest BCUT2D eigenvalue weighted by atomic mass is 9.82. The fourth-order valence-corrected chi connectivity index (χ4v) is 3.82. The summed E-state index contributed by atoms with van der Waals surface area (Å²) in [6.45, 7) is 3.74. The largest absolute Gasteiger partial charge is 0.476 e. The van der Waals surface area contributed by atoms with Gasteiger partial charge in [-0.3, -0.25) is 4.79 Å². The van der Waals surface area contributed by atoms with E-state index in [1.165, 1.54) is 16.7 Å². The van der Waals surface area contributed by atoms with Crippen LogP contribution in [-0.4, -0.2) is 41.7 Å². The molecule has 1 saturated carbocycles. The first-order chi connectivity index (χ1) is 11.1. The maximum Gasteiger partial charge on any atom is 0.355 e. The number of hydrogen-bond donors (Lipinski definition) is 2. The molecular formula is C16H24N2O4S. The predicted molar refractivity (Wildman–Crippen MR) is 87.8 cm³/mol. The van der Waals surface area contributed by atoms with Gasteiger partial charge in [-0.05, 0) is 26.2 Å². The van der Waals surface area contributed by atoms with Gasteiger partial charge < -0.3 is 15.2 Å². The maximum absolute atomic E-state index is 12.6. The first-order valence-electron chi connectivity index (χ1n) is 8.11. The van der Waals surface area contributed by atoms with E-state index in [0.717, 1.165) is 37.1 Å². The van der Waals surface area contributed by atoms with Crippen LogP contribution in [0.15, 0.2) is 5.38 Å². The Balaban J connectivity index is 1.82. The van der Waals surface area contributed by atoms with E-state index in [2.05, 4.69) is 10.3 Å². The molecule has 1 amide bonds. The van der Waals surface area contributed by atoms with Crippen molar-refractivity contribution in [1.82, 2.24) is 10.3 Å². The van der Waals surface area contributed by atoms with Crippen molar-refractivity contribution >= 4 is 23.2 Å². The summed E-state index contributed by atoms with van der Waals surface area (Å²) in [6, 6.07) is 0. The molecule has 1 heterocycles. The normalized spacial score (nSPS) is 16.4. The molecule has 0 saturated heterocycles. The minimum absolute atomic E-state index is 0.0697. The van der Waals surface area contributed by atoms with Gasteiger partial charge in [0.15, 0.2) is 5.69 Å². The van der Waals surface area contributed by atoms with Gasteiger partial charge in [-0.1, -0.05) is 12.8 Å². The molecular weight excluding hydrogens is 316 g/mol. The fraction of sp³-hybridized carbons (Fsp3) is 0.688. The minimum Gasteiger partial charge on any atom is -0.476 e. The molecule has 0 spiro atoms. The van der Waals surface area contributed by atoms with Crippen molar-refractivity contribution in [1.29, 1.82) is 0 Å². The Kier molecular flexibility index (Phi) is 6.53. The first kappa shape index (κ1) is 17.9. The van der Waals surface area contributed by atoms with Crippen molar-refractivity contribution in [3.05, 3.63) is 16.1 Å². The number of thiazole rings is 1. The van der Waals surface area contributed by atoms with E-state index in [4.69, 9.17) is 9.84 Å². The van der Waals surface area contributed by atoms with Crippen LogP contribution in [0, 0.1) is 5.41 Å². The van der Waals surface area contributed by atoms with E-state index in [1.807, 2.05) is 6.92 Å². The molecule has 1 aliphatic carbocycles. The molecule has 1 aromatic heterocycles. The fourth-order valence-electron chi connectivity index (χ4n) is 3.05. The van der Waals surface area contributed by atoms with Crippen molar-refractivity contribution in [2.24, 2.45) is 5.41 Å². The van der Waals surface area contributed by atoms with E-state index in [-0.39, 0.29) is 17.0 Å². The van der Waals surface area contributed by atoms with Gasteiger partial charge in [0.2, 0.25) is 5.91 Å². The lowest BCUT2D eigenvalue weighted by Gasteiger charge is -2.27. The number of rotatable bonds is 9. The topological polar surface area (TPSA) is 88.5 Å². The lowest BCUT2D eigenvalue weighted by Crippen LogP contribution is -2.40. The molecule has 23 heavy (non-hydrogen) atoms.